The minimum Gasteiger partial charge on any atom is -0.349 e. The number of rotatable bonds is 3. The molecule has 1 aliphatic carbocycles. The molecule has 5 heteroatoms. The van der Waals surface area contributed by atoms with Crippen LogP contribution in [0.25, 0.3) is 11.1 Å². The van der Waals surface area contributed by atoms with Gasteiger partial charge >= 0.3 is 0 Å². The zero-order chi connectivity index (χ0) is 15.7. The highest BCUT2D eigenvalue weighted by Crippen LogP contribution is 2.26. The summed E-state index contributed by atoms with van der Waals surface area (Å²) >= 11 is 0. The summed E-state index contributed by atoms with van der Waals surface area (Å²) in [5.41, 5.74) is 1.92. The normalized spacial score (nSPS) is 22.2. The maximum Gasteiger partial charge on any atom is 0.257 e. The van der Waals surface area contributed by atoms with Gasteiger partial charge in [0.2, 0.25) is 0 Å². The number of aromatic nitrogens is 2. The van der Waals surface area contributed by atoms with Gasteiger partial charge in [-0.25, -0.2) is 4.98 Å². The van der Waals surface area contributed by atoms with E-state index in [1.54, 1.807) is 6.20 Å². The maximum absolute atomic E-state index is 12.5. The molecule has 1 N–H and O–H groups in total. The zero-order valence-electron chi connectivity index (χ0n) is 13.4. The van der Waals surface area contributed by atoms with E-state index in [1.165, 1.54) is 19.3 Å². The summed E-state index contributed by atoms with van der Waals surface area (Å²) in [4.78, 5) is 16.7. The maximum atomic E-state index is 12.5. The van der Waals surface area contributed by atoms with Crippen molar-refractivity contribution >= 4 is 17.0 Å². The standard InChI is InChI=1S/C17H23N3O2/c1-10(2)15-13-8-12(9-18-17(13)22-20-15)16(21)19-14-7-5-4-6-11(14)3/h8-11,14H,4-7H2,1-3H3,(H,19,21)/t11-,14+/m1/s1. The summed E-state index contributed by atoms with van der Waals surface area (Å²) in [6.45, 7) is 6.31. The van der Waals surface area contributed by atoms with Crippen LogP contribution in [0.4, 0.5) is 0 Å². The molecular weight excluding hydrogens is 278 g/mol. The van der Waals surface area contributed by atoms with Crippen LogP contribution in [0.15, 0.2) is 16.8 Å². The fraction of sp³-hybridized carbons (Fsp3) is 0.588. The number of pyridine rings is 1. The molecule has 0 bridgehead atoms. The van der Waals surface area contributed by atoms with Crippen LogP contribution < -0.4 is 5.32 Å². The van der Waals surface area contributed by atoms with Gasteiger partial charge in [0, 0.05) is 12.2 Å². The Morgan fingerprint density at radius 3 is 2.86 bits per heavy atom. The van der Waals surface area contributed by atoms with E-state index in [0.717, 1.165) is 17.5 Å². The van der Waals surface area contributed by atoms with E-state index in [4.69, 9.17) is 4.52 Å². The topological polar surface area (TPSA) is 68.0 Å². The molecule has 2 aromatic heterocycles. The van der Waals surface area contributed by atoms with Crippen LogP contribution in [0, 0.1) is 5.92 Å². The van der Waals surface area contributed by atoms with Crippen molar-refractivity contribution in [1.82, 2.24) is 15.5 Å². The smallest absolute Gasteiger partial charge is 0.257 e. The van der Waals surface area contributed by atoms with E-state index in [2.05, 4.69) is 22.4 Å². The third-order valence-corrected chi connectivity index (χ3v) is 4.59. The van der Waals surface area contributed by atoms with Crippen molar-refractivity contribution in [3.8, 4) is 0 Å². The largest absolute Gasteiger partial charge is 0.349 e. The molecule has 0 aromatic carbocycles. The number of amides is 1. The second-order valence-electron chi connectivity index (χ2n) is 6.64. The molecule has 1 amide bonds. The third-order valence-electron chi connectivity index (χ3n) is 4.59. The van der Waals surface area contributed by atoms with Gasteiger partial charge in [0.05, 0.1) is 16.6 Å². The van der Waals surface area contributed by atoms with Crippen molar-refractivity contribution in [2.45, 2.75) is 58.4 Å². The summed E-state index contributed by atoms with van der Waals surface area (Å²) in [7, 11) is 0. The molecule has 3 rings (SSSR count). The lowest BCUT2D eigenvalue weighted by Gasteiger charge is -2.29. The van der Waals surface area contributed by atoms with Gasteiger partial charge in [-0.2, -0.15) is 0 Å². The average Bonchev–Trinajstić information content (AvgIpc) is 2.92. The molecule has 0 spiro atoms. The number of nitrogens with zero attached hydrogens (tertiary/aromatic N) is 2. The molecule has 0 unspecified atom stereocenters. The van der Waals surface area contributed by atoms with Crippen molar-refractivity contribution in [3.05, 3.63) is 23.5 Å². The Morgan fingerprint density at radius 2 is 2.14 bits per heavy atom. The van der Waals surface area contributed by atoms with E-state index >= 15 is 0 Å². The van der Waals surface area contributed by atoms with Crippen molar-refractivity contribution < 1.29 is 9.32 Å². The van der Waals surface area contributed by atoms with Gasteiger partial charge in [0.1, 0.15) is 0 Å². The first kappa shape index (κ1) is 15.0. The Bertz CT molecular complexity index is 678. The number of hydrogen-bond donors (Lipinski definition) is 1. The number of carbonyl (C=O) groups excluding carboxylic acids is 1. The fourth-order valence-corrected chi connectivity index (χ4v) is 3.17. The Hall–Kier alpha value is -1.91. The van der Waals surface area contributed by atoms with Crippen LogP contribution in [0.1, 0.15) is 68.4 Å². The Kier molecular flexibility index (Phi) is 4.14. The van der Waals surface area contributed by atoms with E-state index < -0.39 is 0 Å². The van der Waals surface area contributed by atoms with Crippen LogP contribution in [-0.2, 0) is 0 Å². The van der Waals surface area contributed by atoms with Gasteiger partial charge in [-0.15, -0.1) is 0 Å². The number of nitrogens with one attached hydrogen (secondary N) is 1. The van der Waals surface area contributed by atoms with Crippen LogP contribution >= 0.6 is 0 Å². The lowest BCUT2D eigenvalue weighted by atomic mass is 9.86. The summed E-state index contributed by atoms with van der Waals surface area (Å²) in [5, 5.41) is 8.05. The minimum atomic E-state index is -0.0518. The third kappa shape index (κ3) is 2.85. The lowest BCUT2D eigenvalue weighted by molar-refractivity contribution is 0.0910. The van der Waals surface area contributed by atoms with Crippen molar-refractivity contribution in [2.24, 2.45) is 5.92 Å². The zero-order valence-corrected chi connectivity index (χ0v) is 13.4. The average molecular weight is 301 g/mol. The predicted octanol–water partition coefficient (Wildman–Crippen LogP) is 3.65. The van der Waals surface area contributed by atoms with Crippen LogP contribution in [-0.4, -0.2) is 22.1 Å². The first-order valence-corrected chi connectivity index (χ1v) is 8.12. The molecule has 1 saturated carbocycles. The molecule has 118 valence electrons. The lowest BCUT2D eigenvalue weighted by Crippen LogP contribution is -2.41. The first-order valence-electron chi connectivity index (χ1n) is 8.12. The summed E-state index contributed by atoms with van der Waals surface area (Å²) in [6, 6.07) is 2.11. The predicted molar refractivity (Wildman–Crippen MR) is 84.8 cm³/mol. The van der Waals surface area contributed by atoms with Crippen molar-refractivity contribution in [2.75, 3.05) is 0 Å². The molecule has 2 atom stereocenters. The molecule has 0 radical (unpaired) electrons. The van der Waals surface area contributed by atoms with E-state index in [0.29, 0.717) is 17.2 Å². The molecule has 2 heterocycles. The van der Waals surface area contributed by atoms with Gasteiger partial charge in [-0.3, -0.25) is 4.79 Å². The van der Waals surface area contributed by atoms with E-state index in [-0.39, 0.29) is 17.9 Å². The number of fused-ring (bicyclic) bond motifs is 1. The molecule has 0 aliphatic heterocycles. The van der Waals surface area contributed by atoms with Gasteiger partial charge in [0.15, 0.2) is 0 Å². The monoisotopic (exact) mass is 301 g/mol. The minimum absolute atomic E-state index is 0.0518. The Labute approximate surface area is 130 Å². The molecule has 0 saturated heterocycles. The highest BCUT2D eigenvalue weighted by atomic mass is 16.5. The van der Waals surface area contributed by atoms with E-state index in [9.17, 15) is 4.79 Å². The fourth-order valence-electron chi connectivity index (χ4n) is 3.17. The van der Waals surface area contributed by atoms with Crippen molar-refractivity contribution in [1.29, 1.82) is 0 Å². The van der Waals surface area contributed by atoms with Crippen LogP contribution in [0.3, 0.4) is 0 Å². The molecule has 2 aromatic rings. The number of carbonyl (C=O) groups is 1. The second-order valence-corrected chi connectivity index (χ2v) is 6.64. The van der Waals surface area contributed by atoms with Gasteiger partial charge in [0.25, 0.3) is 11.6 Å². The van der Waals surface area contributed by atoms with Gasteiger partial charge < -0.3 is 9.84 Å². The van der Waals surface area contributed by atoms with Crippen molar-refractivity contribution in [3.63, 3.8) is 0 Å². The van der Waals surface area contributed by atoms with E-state index in [1.807, 2.05) is 19.9 Å². The summed E-state index contributed by atoms with van der Waals surface area (Å²) < 4.78 is 5.22. The molecule has 22 heavy (non-hydrogen) atoms. The van der Waals surface area contributed by atoms with Crippen LogP contribution in [0.2, 0.25) is 0 Å². The number of hydrogen-bond acceptors (Lipinski definition) is 4. The second kappa shape index (κ2) is 6.07. The SMILES string of the molecule is CC(C)c1noc2ncc(C(=O)N[C@H]3CCCC[C@H]3C)cc12. The van der Waals surface area contributed by atoms with Gasteiger partial charge in [-0.05, 0) is 30.7 Å². The quantitative estimate of drug-likeness (QED) is 0.939. The first-order chi connectivity index (χ1) is 10.6. The molecule has 1 fully saturated rings. The molecular formula is C17H23N3O2. The molecule has 5 nitrogen and oxygen atoms in total. The Morgan fingerprint density at radius 1 is 1.36 bits per heavy atom. The Balaban J connectivity index is 1.83. The summed E-state index contributed by atoms with van der Waals surface area (Å²) in [6.07, 6.45) is 6.27. The molecule has 1 aliphatic rings. The van der Waals surface area contributed by atoms with Crippen LogP contribution in [0.5, 0.6) is 0 Å². The summed E-state index contributed by atoms with van der Waals surface area (Å²) in [5.74, 6) is 0.722. The highest BCUT2D eigenvalue weighted by Gasteiger charge is 2.24. The van der Waals surface area contributed by atoms with Gasteiger partial charge in [-0.1, -0.05) is 38.8 Å². The highest BCUT2D eigenvalue weighted by molar-refractivity contribution is 5.97.